The number of hydrogen-bond acceptors (Lipinski definition) is 3. The molecular weight excluding hydrogens is 332 g/mol. The van der Waals surface area contributed by atoms with Gasteiger partial charge in [0.25, 0.3) is 5.91 Å². The number of thiophene rings is 1. The second kappa shape index (κ2) is 8.62. The van der Waals surface area contributed by atoms with Crippen LogP contribution in [0.2, 0.25) is 0 Å². The molecule has 5 heteroatoms. The summed E-state index contributed by atoms with van der Waals surface area (Å²) >= 11 is 1.57. The van der Waals surface area contributed by atoms with Crippen molar-refractivity contribution >= 4 is 34.9 Å². The molecule has 0 radical (unpaired) electrons. The van der Waals surface area contributed by atoms with Crippen molar-refractivity contribution in [2.24, 2.45) is 0 Å². The van der Waals surface area contributed by atoms with Gasteiger partial charge < -0.3 is 10.6 Å². The van der Waals surface area contributed by atoms with Crippen molar-refractivity contribution in [2.45, 2.75) is 38.1 Å². The molecule has 25 heavy (non-hydrogen) atoms. The Morgan fingerprint density at radius 2 is 1.84 bits per heavy atom. The first-order valence-corrected chi connectivity index (χ1v) is 9.53. The highest BCUT2D eigenvalue weighted by Crippen LogP contribution is 2.20. The quantitative estimate of drug-likeness (QED) is 0.779. The van der Waals surface area contributed by atoms with Crippen LogP contribution in [0, 0.1) is 0 Å². The van der Waals surface area contributed by atoms with Crippen LogP contribution in [0.15, 0.2) is 47.9 Å². The Hall–Kier alpha value is -2.40. The molecule has 1 heterocycles. The molecule has 0 atom stereocenters. The summed E-state index contributed by atoms with van der Waals surface area (Å²) in [6.45, 7) is 0. The summed E-state index contributed by atoms with van der Waals surface area (Å²) in [5, 5.41) is 7.87. The molecule has 1 saturated carbocycles. The minimum absolute atomic E-state index is 0.120. The van der Waals surface area contributed by atoms with Gasteiger partial charge in [0.1, 0.15) is 0 Å². The molecule has 3 rings (SSSR count). The summed E-state index contributed by atoms with van der Waals surface area (Å²) in [5.74, 6) is -0.364. The van der Waals surface area contributed by atoms with Gasteiger partial charge in [0.2, 0.25) is 5.91 Å². The summed E-state index contributed by atoms with van der Waals surface area (Å²) in [6.07, 6.45) is 8.89. The number of hydrogen-bond donors (Lipinski definition) is 2. The maximum Gasteiger partial charge on any atom is 0.253 e. The number of para-hydroxylation sites is 1. The molecule has 0 spiro atoms. The van der Waals surface area contributed by atoms with E-state index in [4.69, 9.17) is 0 Å². The van der Waals surface area contributed by atoms with E-state index >= 15 is 0 Å². The lowest BCUT2D eigenvalue weighted by molar-refractivity contribution is -0.111. The standard InChI is InChI=1S/C20H22N2O2S/c23-19(13-12-16-9-6-14-25-16)22-18-11-5-4-10-17(18)20(24)21-15-7-2-1-3-8-15/h4-6,9-15H,1-3,7-8H2,(H,21,24)(H,22,23). The molecule has 1 aromatic carbocycles. The predicted octanol–water partition coefficient (Wildman–Crippen LogP) is 4.46. The van der Waals surface area contributed by atoms with Gasteiger partial charge in [-0.25, -0.2) is 0 Å². The summed E-state index contributed by atoms with van der Waals surface area (Å²) in [6, 6.07) is 11.3. The van der Waals surface area contributed by atoms with Crippen molar-refractivity contribution < 1.29 is 9.59 Å². The van der Waals surface area contributed by atoms with Crippen molar-refractivity contribution in [1.82, 2.24) is 5.32 Å². The van der Waals surface area contributed by atoms with E-state index in [-0.39, 0.29) is 17.9 Å². The van der Waals surface area contributed by atoms with E-state index in [1.165, 1.54) is 12.5 Å². The zero-order chi connectivity index (χ0) is 17.5. The second-order valence-corrected chi connectivity index (χ2v) is 7.17. The van der Waals surface area contributed by atoms with E-state index in [0.29, 0.717) is 11.3 Å². The van der Waals surface area contributed by atoms with E-state index in [0.717, 1.165) is 30.6 Å². The molecule has 1 aliphatic rings. The van der Waals surface area contributed by atoms with Crippen LogP contribution < -0.4 is 10.6 Å². The van der Waals surface area contributed by atoms with Gasteiger partial charge in [0.15, 0.2) is 0 Å². The van der Waals surface area contributed by atoms with Crippen LogP contribution in [0.25, 0.3) is 6.08 Å². The highest BCUT2D eigenvalue weighted by Gasteiger charge is 2.18. The molecule has 0 saturated heterocycles. The number of carbonyl (C=O) groups is 2. The summed E-state index contributed by atoms with van der Waals surface area (Å²) in [5.41, 5.74) is 1.04. The fraction of sp³-hybridized carbons (Fsp3) is 0.300. The highest BCUT2D eigenvalue weighted by atomic mass is 32.1. The Morgan fingerprint density at radius 1 is 1.04 bits per heavy atom. The fourth-order valence-corrected chi connectivity index (χ4v) is 3.64. The Kier molecular flexibility index (Phi) is 6.01. The maximum atomic E-state index is 12.6. The van der Waals surface area contributed by atoms with Crippen molar-refractivity contribution in [3.63, 3.8) is 0 Å². The van der Waals surface area contributed by atoms with Crippen molar-refractivity contribution in [1.29, 1.82) is 0 Å². The fourth-order valence-electron chi connectivity index (χ4n) is 3.02. The van der Waals surface area contributed by atoms with Crippen LogP contribution >= 0.6 is 11.3 Å². The van der Waals surface area contributed by atoms with E-state index in [2.05, 4.69) is 10.6 Å². The molecule has 2 aromatic rings. The average Bonchev–Trinajstić information content (AvgIpc) is 3.15. The Labute approximate surface area is 152 Å². The number of carbonyl (C=O) groups excluding carboxylic acids is 2. The smallest absolute Gasteiger partial charge is 0.253 e. The SMILES string of the molecule is O=C(C=Cc1cccs1)Nc1ccccc1C(=O)NC1CCCCC1. The highest BCUT2D eigenvalue weighted by molar-refractivity contribution is 7.10. The van der Waals surface area contributed by atoms with Crippen molar-refractivity contribution in [2.75, 3.05) is 5.32 Å². The molecule has 130 valence electrons. The molecule has 4 nitrogen and oxygen atoms in total. The van der Waals surface area contributed by atoms with E-state index in [9.17, 15) is 9.59 Å². The maximum absolute atomic E-state index is 12.6. The second-order valence-electron chi connectivity index (χ2n) is 6.19. The lowest BCUT2D eigenvalue weighted by atomic mass is 9.95. The minimum atomic E-state index is -0.244. The van der Waals surface area contributed by atoms with Gasteiger partial charge in [-0.1, -0.05) is 37.5 Å². The van der Waals surface area contributed by atoms with E-state index < -0.39 is 0 Å². The van der Waals surface area contributed by atoms with Gasteiger partial charge in [-0.3, -0.25) is 9.59 Å². The van der Waals surface area contributed by atoms with Crippen LogP contribution in [0.1, 0.15) is 47.3 Å². The number of anilines is 1. The van der Waals surface area contributed by atoms with Crippen molar-refractivity contribution in [3.05, 3.63) is 58.3 Å². The molecule has 1 aliphatic carbocycles. The minimum Gasteiger partial charge on any atom is -0.349 e. The lowest BCUT2D eigenvalue weighted by Gasteiger charge is -2.23. The van der Waals surface area contributed by atoms with Gasteiger partial charge in [-0.2, -0.15) is 0 Å². The van der Waals surface area contributed by atoms with Gasteiger partial charge >= 0.3 is 0 Å². The molecule has 2 amide bonds. The lowest BCUT2D eigenvalue weighted by Crippen LogP contribution is -2.36. The Balaban J connectivity index is 1.65. The molecule has 0 unspecified atom stereocenters. The molecule has 1 aromatic heterocycles. The number of amides is 2. The number of nitrogens with one attached hydrogen (secondary N) is 2. The molecule has 0 bridgehead atoms. The summed E-state index contributed by atoms with van der Waals surface area (Å²) < 4.78 is 0. The van der Waals surface area contributed by atoms with Crippen molar-refractivity contribution in [3.8, 4) is 0 Å². The van der Waals surface area contributed by atoms with Crippen LogP contribution in [-0.4, -0.2) is 17.9 Å². The number of benzene rings is 1. The first-order chi connectivity index (χ1) is 12.2. The zero-order valence-electron chi connectivity index (χ0n) is 14.0. The number of rotatable bonds is 5. The third kappa shape index (κ3) is 5.03. The first-order valence-electron chi connectivity index (χ1n) is 8.65. The topological polar surface area (TPSA) is 58.2 Å². The predicted molar refractivity (Wildman–Crippen MR) is 103 cm³/mol. The first kappa shape index (κ1) is 17.4. The van der Waals surface area contributed by atoms with Gasteiger partial charge in [-0.05, 0) is 42.5 Å². The molecule has 2 N–H and O–H groups in total. The van der Waals surface area contributed by atoms with Gasteiger partial charge in [0.05, 0.1) is 11.3 Å². The average molecular weight is 354 g/mol. The van der Waals surface area contributed by atoms with Gasteiger partial charge in [-0.15, -0.1) is 11.3 Å². The normalized spacial score (nSPS) is 15.2. The third-order valence-electron chi connectivity index (χ3n) is 4.31. The third-order valence-corrected chi connectivity index (χ3v) is 5.15. The Morgan fingerprint density at radius 3 is 2.60 bits per heavy atom. The largest absolute Gasteiger partial charge is 0.349 e. The Bertz CT molecular complexity index is 747. The molecular formula is C20H22N2O2S. The monoisotopic (exact) mass is 354 g/mol. The van der Waals surface area contributed by atoms with Gasteiger partial charge in [0, 0.05) is 17.0 Å². The summed E-state index contributed by atoms with van der Waals surface area (Å²) in [4.78, 5) is 25.7. The van der Waals surface area contributed by atoms with E-state index in [1.807, 2.05) is 29.6 Å². The molecule has 1 fully saturated rings. The van der Waals surface area contributed by atoms with Crippen LogP contribution in [0.4, 0.5) is 5.69 Å². The van der Waals surface area contributed by atoms with Crippen LogP contribution in [-0.2, 0) is 4.79 Å². The zero-order valence-corrected chi connectivity index (χ0v) is 14.9. The molecule has 0 aliphatic heterocycles. The van der Waals surface area contributed by atoms with Crippen LogP contribution in [0.3, 0.4) is 0 Å². The van der Waals surface area contributed by atoms with E-state index in [1.54, 1.807) is 29.5 Å². The van der Waals surface area contributed by atoms with Crippen LogP contribution in [0.5, 0.6) is 0 Å². The summed E-state index contributed by atoms with van der Waals surface area (Å²) in [7, 11) is 0.